The molecule has 1 aromatic heterocycles. The molecule has 0 saturated carbocycles. The van der Waals surface area contributed by atoms with Crippen LogP contribution in [0, 0.1) is 5.41 Å². The highest BCUT2D eigenvalue weighted by Gasteiger charge is 2.35. The fourth-order valence-electron chi connectivity index (χ4n) is 3.85. The van der Waals surface area contributed by atoms with Gasteiger partial charge >= 0.3 is 0 Å². The number of nitrogens with one attached hydrogen (secondary N) is 1. The highest BCUT2D eigenvalue weighted by Crippen LogP contribution is 2.29. The Hall–Kier alpha value is -2.21. The number of nitrogens with zero attached hydrogens (tertiary/aromatic N) is 2. The van der Waals surface area contributed by atoms with Crippen molar-refractivity contribution in [3.05, 3.63) is 52.8 Å². The number of hydrogen-bond acceptors (Lipinski definition) is 3. The normalized spacial score (nSPS) is 16.7. The minimum absolute atomic E-state index is 0.0665. The molecule has 0 radical (unpaired) electrons. The Kier molecular flexibility index (Phi) is 9.44. The molecule has 0 bridgehead atoms. The van der Waals surface area contributed by atoms with Gasteiger partial charge in [0.2, 0.25) is 11.8 Å². The molecule has 1 aliphatic heterocycles. The summed E-state index contributed by atoms with van der Waals surface area (Å²) in [6, 6.07) is 9.63. The van der Waals surface area contributed by atoms with Crippen LogP contribution in [-0.4, -0.2) is 34.3 Å². The summed E-state index contributed by atoms with van der Waals surface area (Å²) in [4.78, 5) is 31.5. The minimum atomic E-state index is -0.366. The van der Waals surface area contributed by atoms with Gasteiger partial charge in [-0.25, -0.2) is 0 Å². The van der Waals surface area contributed by atoms with E-state index in [-0.39, 0.29) is 29.3 Å². The summed E-state index contributed by atoms with van der Waals surface area (Å²) < 4.78 is 0.945. The number of halogens is 1. The molecule has 0 aliphatic carbocycles. The van der Waals surface area contributed by atoms with E-state index < -0.39 is 0 Å². The average molecular weight is 502 g/mol. The fourth-order valence-corrected chi connectivity index (χ4v) is 4.33. The Balaban J connectivity index is 0.00000176. The Labute approximate surface area is 201 Å². The number of pyridine rings is 1. The van der Waals surface area contributed by atoms with Crippen molar-refractivity contribution < 1.29 is 9.59 Å². The van der Waals surface area contributed by atoms with Crippen LogP contribution in [-0.2, 0) is 9.59 Å². The molecular weight excluding hydrogens is 466 g/mol. The molecular formula is C26H36BrN3O2. The first kappa shape index (κ1) is 26.0. The zero-order valence-corrected chi connectivity index (χ0v) is 21.7. The van der Waals surface area contributed by atoms with Crippen LogP contribution in [0.25, 0.3) is 11.1 Å². The average Bonchev–Trinajstić information content (AvgIpc) is 3.25. The lowest BCUT2D eigenvalue weighted by Gasteiger charge is -2.28. The van der Waals surface area contributed by atoms with Gasteiger partial charge < -0.3 is 10.2 Å². The van der Waals surface area contributed by atoms with E-state index in [2.05, 4.69) is 26.2 Å². The van der Waals surface area contributed by atoms with Gasteiger partial charge in [-0.3, -0.25) is 14.6 Å². The Morgan fingerprint density at radius 1 is 1.19 bits per heavy atom. The van der Waals surface area contributed by atoms with E-state index in [9.17, 15) is 9.59 Å². The van der Waals surface area contributed by atoms with Gasteiger partial charge in [0.1, 0.15) is 6.04 Å². The quantitative estimate of drug-likeness (QED) is 0.534. The molecule has 3 rings (SSSR count). The lowest BCUT2D eigenvalue weighted by molar-refractivity contribution is -0.140. The molecule has 2 unspecified atom stereocenters. The Morgan fingerprint density at radius 3 is 2.44 bits per heavy atom. The van der Waals surface area contributed by atoms with E-state index >= 15 is 0 Å². The van der Waals surface area contributed by atoms with Crippen LogP contribution < -0.4 is 5.32 Å². The molecule has 1 N–H and O–H groups in total. The second kappa shape index (κ2) is 11.6. The summed E-state index contributed by atoms with van der Waals surface area (Å²) in [5.41, 5.74) is 3.11. The highest BCUT2D eigenvalue weighted by atomic mass is 79.9. The van der Waals surface area contributed by atoms with E-state index in [1.165, 1.54) is 0 Å². The number of amides is 2. The summed E-state index contributed by atoms with van der Waals surface area (Å²) in [6.07, 6.45) is 5.60. The molecule has 0 spiro atoms. The van der Waals surface area contributed by atoms with Crippen molar-refractivity contribution in [1.82, 2.24) is 15.2 Å². The molecule has 1 aliphatic rings. The number of likely N-dealkylation sites (tertiary alicyclic amines) is 1. The number of hydrogen-bond donors (Lipinski definition) is 1. The van der Waals surface area contributed by atoms with Gasteiger partial charge in [0, 0.05) is 29.8 Å². The number of carbonyl (C=O) groups is 2. The lowest BCUT2D eigenvalue weighted by atomic mass is 9.91. The molecule has 1 fully saturated rings. The SMILES string of the molecule is CC.CC(NC(=O)C1CCCN1C(=O)CC(C)(C)C)c1ccc(-c2ccncc2Br)cc1. The zero-order chi connectivity index (χ0) is 23.9. The number of rotatable bonds is 5. The molecule has 5 nitrogen and oxygen atoms in total. The van der Waals surface area contributed by atoms with Crippen molar-refractivity contribution in [3.63, 3.8) is 0 Å². The summed E-state index contributed by atoms with van der Waals surface area (Å²) in [6.45, 7) is 12.8. The van der Waals surface area contributed by atoms with Gasteiger partial charge in [-0.15, -0.1) is 0 Å². The zero-order valence-electron chi connectivity index (χ0n) is 20.1. The third-order valence-corrected chi connectivity index (χ3v) is 6.04. The maximum atomic E-state index is 12.9. The van der Waals surface area contributed by atoms with Crippen molar-refractivity contribution in [3.8, 4) is 11.1 Å². The van der Waals surface area contributed by atoms with Gasteiger partial charge in [0.15, 0.2) is 0 Å². The summed E-state index contributed by atoms with van der Waals surface area (Å²) in [5, 5.41) is 3.10. The van der Waals surface area contributed by atoms with Gasteiger partial charge in [-0.2, -0.15) is 0 Å². The number of aromatic nitrogens is 1. The first-order valence-corrected chi connectivity index (χ1v) is 12.2. The molecule has 1 aromatic carbocycles. The number of carbonyl (C=O) groups excluding carboxylic acids is 2. The third kappa shape index (κ3) is 6.89. The van der Waals surface area contributed by atoms with E-state index in [0.29, 0.717) is 13.0 Å². The molecule has 2 aromatic rings. The Bertz CT molecular complexity index is 906. The second-order valence-electron chi connectivity index (χ2n) is 9.19. The topological polar surface area (TPSA) is 62.3 Å². The molecule has 6 heteroatoms. The predicted octanol–water partition coefficient (Wildman–Crippen LogP) is 6.14. The van der Waals surface area contributed by atoms with Crippen molar-refractivity contribution in [2.75, 3.05) is 6.54 Å². The predicted molar refractivity (Wildman–Crippen MR) is 134 cm³/mol. The third-order valence-electron chi connectivity index (χ3n) is 5.41. The van der Waals surface area contributed by atoms with Crippen LogP contribution >= 0.6 is 15.9 Å². The molecule has 2 heterocycles. The summed E-state index contributed by atoms with van der Waals surface area (Å²) in [5.74, 6) is 0.00305. The van der Waals surface area contributed by atoms with E-state index in [1.807, 2.05) is 71.9 Å². The molecule has 2 amide bonds. The van der Waals surface area contributed by atoms with Crippen LogP contribution in [0.1, 0.15) is 72.4 Å². The largest absolute Gasteiger partial charge is 0.348 e. The van der Waals surface area contributed by atoms with Crippen LogP contribution in [0.15, 0.2) is 47.2 Å². The second-order valence-corrected chi connectivity index (χ2v) is 10.0. The molecule has 174 valence electrons. The van der Waals surface area contributed by atoms with Crippen LogP contribution in [0.3, 0.4) is 0 Å². The maximum Gasteiger partial charge on any atom is 0.243 e. The van der Waals surface area contributed by atoms with E-state index in [1.54, 1.807) is 17.3 Å². The first-order valence-electron chi connectivity index (χ1n) is 11.5. The van der Waals surface area contributed by atoms with Gasteiger partial charge in [0.05, 0.1) is 6.04 Å². The van der Waals surface area contributed by atoms with Gasteiger partial charge in [-0.1, -0.05) is 58.9 Å². The minimum Gasteiger partial charge on any atom is -0.348 e. The molecule has 1 saturated heterocycles. The smallest absolute Gasteiger partial charge is 0.243 e. The van der Waals surface area contributed by atoms with Crippen LogP contribution in [0.2, 0.25) is 0 Å². The Morgan fingerprint density at radius 2 is 1.84 bits per heavy atom. The summed E-state index contributed by atoms with van der Waals surface area (Å²) in [7, 11) is 0. The van der Waals surface area contributed by atoms with Gasteiger partial charge in [0.25, 0.3) is 0 Å². The maximum absolute atomic E-state index is 12.9. The fraction of sp³-hybridized carbons (Fsp3) is 0.500. The summed E-state index contributed by atoms with van der Waals surface area (Å²) >= 11 is 3.53. The molecule has 2 atom stereocenters. The van der Waals surface area contributed by atoms with Crippen molar-refractivity contribution in [2.24, 2.45) is 5.41 Å². The van der Waals surface area contributed by atoms with Crippen molar-refractivity contribution >= 4 is 27.7 Å². The highest BCUT2D eigenvalue weighted by molar-refractivity contribution is 9.10. The lowest BCUT2D eigenvalue weighted by Crippen LogP contribution is -2.47. The van der Waals surface area contributed by atoms with Crippen molar-refractivity contribution in [1.29, 1.82) is 0 Å². The van der Waals surface area contributed by atoms with E-state index in [0.717, 1.165) is 34.0 Å². The van der Waals surface area contributed by atoms with E-state index in [4.69, 9.17) is 0 Å². The molecule has 32 heavy (non-hydrogen) atoms. The van der Waals surface area contributed by atoms with Crippen LogP contribution in [0.5, 0.6) is 0 Å². The van der Waals surface area contributed by atoms with Gasteiger partial charge in [-0.05, 0) is 63.9 Å². The van der Waals surface area contributed by atoms with Crippen molar-refractivity contribution in [2.45, 2.75) is 72.9 Å². The monoisotopic (exact) mass is 501 g/mol. The van der Waals surface area contributed by atoms with Crippen LogP contribution in [0.4, 0.5) is 0 Å². The first-order chi connectivity index (χ1) is 15.2. The standard InChI is InChI=1S/C24H30BrN3O2.C2H6/c1-16(17-7-9-18(10-8-17)19-11-12-26-15-20(19)25)27-23(30)21-6-5-13-28(21)22(29)14-24(2,3)4;1-2/h7-12,15-16,21H,5-6,13-14H2,1-4H3,(H,27,30);1-2H3. The number of benzene rings is 1.